The molecular weight excluding hydrogens is 392 g/mol. The van der Waals surface area contributed by atoms with E-state index < -0.39 is 0 Å². The van der Waals surface area contributed by atoms with Crippen LogP contribution in [0.3, 0.4) is 0 Å². The Morgan fingerprint density at radius 2 is 1.84 bits per heavy atom. The molecule has 0 unspecified atom stereocenters. The highest BCUT2D eigenvalue weighted by atomic mass is 16.5. The summed E-state index contributed by atoms with van der Waals surface area (Å²) in [5.41, 5.74) is 3.07. The van der Waals surface area contributed by atoms with Gasteiger partial charge in [0.25, 0.3) is 5.91 Å². The summed E-state index contributed by atoms with van der Waals surface area (Å²) >= 11 is 0. The van der Waals surface area contributed by atoms with Gasteiger partial charge in [-0.15, -0.1) is 0 Å². The second kappa shape index (κ2) is 8.07. The Morgan fingerprint density at radius 1 is 1.03 bits per heavy atom. The maximum Gasteiger partial charge on any atom is 0.254 e. The minimum atomic E-state index is -0.123. The van der Waals surface area contributed by atoms with E-state index >= 15 is 0 Å². The topological polar surface area (TPSA) is 75.6 Å². The molecule has 7 nitrogen and oxygen atoms in total. The molecule has 2 aromatic heterocycles. The van der Waals surface area contributed by atoms with Gasteiger partial charge in [-0.05, 0) is 24.3 Å². The number of aromatic nitrogens is 2. The molecule has 2 saturated heterocycles. The first-order chi connectivity index (χ1) is 15.1. The van der Waals surface area contributed by atoms with E-state index in [0.29, 0.717) is 38.4 Å². The molecule has 7 heteroatoms. The molecule has 2 aliphatic rings. The van der Waals surface area contributed by atoms with Crippen molar-refractivity contribution in [2.45, 2.75) is 13.0 Å². The standard InChI is InChI=1S/C24H24N4O3/c1-16(29)28-12-17-11-27(13-19(28)15-31-14-17)24(30)21-10-23(18-6-8-25-9-7-18)26-22-5-3-2-4-20(21)22/h2-10,17,19H,11-15H2,1H3/t17-,19-/m0/s1. The molecule has 0 N–H and O–H groups in total. The zero-order valence-corrected chi connectivity index (χ0v) is 17.4. The van der Waals surface area contributed by atoms with Crippen LogP contribution in [0.4, 0.5) is 0 Å². The first-order valence-corrected chi connectivity index (χ1v) is 10.5. The zero-order chi connectivity index (χ0) is 21.4. The maximum atomic E-state index is 13.8. The lowest BCUT2D eigenvalue weighted by Crippen LogP contribution is -2.47. The molecule has 2 amide bonds. The smallest absolute Gasteiger partial charge is 0.254 e. The number of amides is 2. The number of hydrogen-bond acceptors (Lipinski definition) is 5. The minimum absolute atomic E-state index is 0.0313. The lowest BCUT2D eigenvalue weighted by molar-refractivity contribution is -0.131. The number of carbonyl (C=O) groups excluding carboxylic acids is 2. The van der Waals surface area contributed by atoms with Gasteiger partial charge in [-0.1, -0.05) is 18.2 Å². The predicted octanol–water partition coefficient (Wildman–Crippen LogP) is 2.62. The van der Waals surface area contributed by atoms with E-state index in [0.717, 1.165) is 22.2 Å². The molecule has 1 aromatic carbocycles. The number of nitrogens with zero attached hydrogens (tertiary/aromatic N) is 4. The largest absolute Gasteiger partial charge is 0.379 e. The van der Waals surface area contributed by atoms with Crippen molar-refractivity contribution in [2.75, 3.05) is 32.8 Å². The molecule has 0 spiro atoms. The molecule has 2 atom stereocenters. The highest BCUT2D eigenvalue weighted by Gasteiger charge is 2.36. The van der Waals surface area contributed by atoms with Crippen LogP contribution in [0.1, 0.15) is 17.3 Å². The molecule has 2 bridgehead atoms. The summed E-state index contributed by atoms with van der Waals surface area (Å²) in [6.07, 6.45) is 3.44. The average Bonchev–Trinajstić information content (AvgIpc) is 3.10. The van der Waals surface area contributed by atoms with Crippen molar-refractivity contribution in [1.29, 1.82) is 0 Å². The number of carbonyl (C=O) groups is 2. The first-order valence-electron chi connectivity index (χ1n) is 10.5. The molecule has 5 rings (SSSR count). The molecule has 31 heavy (non-hydrogen) atoms. The minimum Gasteiger partial charge on any atom is -0.379 e. The van der Waals surface area contributed by atoms with Gasteiger partial charge >= 0.3 is 0 Å². The van der Waals surface area contributed by atoms with Crippen LogP contribution in [0.25, 0.3) is 22.2 Å². The van der Waals surface area contributed by atoms with Gasteiger partial charge in [0.2, 0.25) is 5.91 Å². The van der Waals surface area contributed by atoms with Crippen molar-refractivity contribution in [3.05, 3.63) is 60.4 Å². The van der Waals surface area contributed by atoms with E-state index in [4.69, 9.17) is 9.72 Å². The summed E-state index contributed by atoms with van der Waals surface area (Å²) in [4.78, 5) is 38.6. The van der Waals surface area contributed by atoms with Crippen LogP contribution in [0.2, 0.25) is 0 Å². The van der Waals surface area contributed by atoms with E-state index in [1.807, 2.05) is 52.3 Å². The Hall–Kier alpha value is -3.32. The second-order valence-electron chi connectivity index (χ2n) is 8.25. The van der Waals surface area contributed by atoms with Gasteiger partial charge < -0.3 is 14.5 Å². The van der Waals surface area contributed by atoms with Crippen molar-refractivity contribution in [2.24, 2.45) is 5.92 Å². The summed E-state index contributed by atoms with van der Waals surface area (Å²) in [7, 11) is 0. The monoisotopic (exact) mass is 416 g/mol. The third-order valence-electron chi connectivity index (χ3n) is 6.08. The van der Waals surface area contributed by atoms with E-state index in [1.54, 1.807) is 19.3 Å². The van der Waals surface area contributed by atoms with Crippen LogP contribution in [0.5, 0.6) is 0 Å². The Labute approximate surface area is 180 Å². The molecule has 3 aromatic rings. The zero-order valence-electron chi connectivity index (χ0n) is 17.4. The van der Waals surface area contributed by atoms with E-state index in [-0.39, 0.29) is 23.8 Å². The molecular formula is C24H24N4O3. The van der Waals surface area contributed by atoms with Gasteiger partial charge in [-0.3, -0.25) is 14.6 Å². The Bertz CT molecular complexity index is 1130. The van der Waals surface area contributed by atoms with Gasteiger partial charge in [0.05, 0.1) is 36.0 Å². The van der Waals surface area contributed by atoms with Gasteiger partial charge in [-0.25, -0.2) is 4.98 Å². The van der Waals surface area contributed by atoms with Crippen molar-refractivity contribution in [1.82, 2.24) is 19.8 Å². The number of para-hydroxylation sites is 1. The molecule has 0 aliphatic carbocycles. The van der Waals surface area contributed by atoms with Crippen molar-refractivity contribution in [3.8, 4) is 11.3 Å². The number of pyridine rings is 2. The number of benzene rings is 1. The highest BCUT2D eigenvalue weighted by molar-refractivity contribution is 6.07. The summed E-state index contributed by atoms with van der Waals surface area (Å²) in [6.45, 7) is 4.27. The average molecular weight is 416 g/mol. The van der Waals surface area contributed by atoms with Crippen LogP contribution < -0.4 is 0 Å². The fourth-order valence-electron chi connectivity index (χ4n) is 4.59. The van der Waals surface area contributed by atoms with Crippen LogP contribution in [-0.4, -0.2) is 70.5 Å². The number of fused-ring (bicyclic) bond motifs is 4. The van der Waals surface area contributed by atoms with Crippen molar-refractivity contribution >= 4 is 22.7 Å². The maximum absolute atomic E-state index is 13.8. The Kier molecular flexibility index (Phi) is 5.11. The third-order valence-corrected chi connectivity index (χ3v) is 6.08. The predicted molar refractivity (Wildman–Crippen MR) is 116 cm³/mol. The normalized spacial score (nSPS) is 21.1. The number of ether oxygens (including phenoxy) is 1. The van der Waals surface area contributed by atoms with Gasteiger partial charge in [0.1, 0.15) is 0 Å². The highest BCUT2D eigenvalue weighted by Crippen LogP contribution is 2.27. The quantitative estimate of drug-likeness (QED) is 0.642. The molecule has 158 valence electrons. The Morgan fingerprint density at radius 3 is 2.65 bits per heavy atom. The third kappa shape index (κ3) is 3.77. The van der Waals surface area contributed by atoms with Crippen LogP contribution >= 0.6 is 0 Å². The first kappa shape index (κ1) is 19.6. The van der Waals surface area contributed by atoms with Gasteiger partial charge in [-0.2, -0.15) is 0 Å². The Balaban J connectivity index is 1.56. The van der Waals surface area contributed by atoms with Gasteiger partial charge in [0, 0.05) is 55.8 Å². The summed E-state index contributed by atoms with van der Waals surface area (Å²) in [6, 6.07) is 13.3. The fourth-order valence-corrected chi connectivity index (χ4v) is 4.59. The molecule has 0 saturated carbocycles. The van der Waals surface area contributed by atoms with Crippen molar-refractivity contribution in [3.63, 3.8) is 0 Å². The van der Waals surface area contributed by atoms with Crippen LogP contribution in [-0.2, 0) is 9.53 Å². The summed E-state index contributed by atoms with van der Waals surface area (Å²) in [5.74, 6) is 0.105. The molecule has 0 radical (unpaired) electrons. The van der Waals surface area contributed by atoms with Crippen LogP contribution in [0, 0.1) is 5.92 Å². The van der Waals surface area contributed by atoms with E-state index in [9.17, 15) is 9.59 Å². The summed E-state index contributed by atoms with van der Waals surface area (Å²) in [5, 5.41) is 0.833. The fraction of sp³-hybridized carbons (Fsp3) is 0.333. The number of rotatable bonds is 2. The molecule has 4 heterocycles. The number of hydrogen-bond donors (Lipinski definition) is 0. The van der Waals surface area contributed by atoms with Crippen molar-refractivity contribution < 1.29 is 14.3 Å². The lowest BCUT2D eigenvalue weighted by atomic mass is 10.0. The van der Waals surface area contributed by atoms with Gasteiger partial charge in [0.15, 0.2) is 0 Å². The molecule has 2 aliphatic heterocycles. The van der Waals surface area contributed by atoms with E-state index in [2.05, 4.69) is 4.98 Å². The lowest BCUT2D eigenvalue weighted by Gasteiger charge is -2.31. The second-order valence-corrected chi connectivity index (χ2v) is 8.25. The SMILES string of the molecule is CC(=O)N1C[C@H]2COC[C@@H]1CN(C(=O)c1cc(-c3ccncc3)nc3ccccc13)C2. The van der Waals surface area contributed by atoms with Crippen LogP contribution in [0.15, 0.2) is 54.9 Å². The molecule has 2 fully saturated rings. The van der Waals surface area contributed by atoms with E-state index in [1.165, 1.54) is 0 Å². The summed E-state index contributed by atoms with van der Waals surface area (Å²) < 4.78 is 5.78.